The van der Waals surface area contributed by atoms with Crippen molar-refractivity contribution in [2.45, 2.75) is 19.3 Å². The summed E-state index contributed by atoms with van der Waals surface area (Å²) in [5.41, 5.74) is 3.62. The SMILES string of the molecule is Cl.c1ccc(-c2nc(N3CCCCC3)c3oc4ccccc4c3n2)cc1. The second-order valence-electron chi connectivity index (χ2n) is 6.56. The molecule has 0 spiro atoms. The van der Waals surface area contributed by atoms with Gasteiger partial charge in [-0.1, -0.05) is 42.5 Å². The van der Waals surface area contributed by atoms with Crippen LogP contribution in [0.1, 0.15) is 19.3 Å². The van der Waals surface area contributed by atoms with Gasteiger partial charge in [0, 0.05) is 24.0 Å². The number of para-hydroxylation sites is 1. The van der Waals surface area contributed by atoms with E-state index in [0.29, 0.717) is 0 Å². The third-order valence-electron chi connectivity index (χ3n) is 4.89. The minimum atomic E-state index is 0. The van der Waals surface area contributed by atoms with E-state index in [1.54, 1.807) is 0 Å². The van der Waals surface area contributed by atoms with Crippen LogP contribution in [0.15, 0.2) is 59.0 Å². The maximum absolute atomic E-state index is 6.16. The molecule has 5 rings (SSSR count). The summed E-state index contributed by atoms with van der Waals surface area (Å²) in [6.07, 6.45) is 3.69. The van der Waals surface area contributed by atoms with Crippen LogP contribution in [0.25, 0.3) is 33.5 Å². The number of aromatic nitrogens is 2. The summed E-state index contributed by atoms with van der Waals surface area (Å²) >= 11 is 0. The van der Waals surface area contributed by atoms with E-state index in [9.17, 15) is 0 Å². The van der Waals surface area contributed by atoms with Gasteiger partial charge in [0.15, 0.2) is 17.2 Å². The Balaban J connectivity index is 0.00000168. The molecule has 0 atom stereocenters. The lowest BCUT2D eigenvalue weighted by Crippen LogP contribution is -2.30. The van der Waals surface area contributed by atoms with Gasteiger partial charge in [-0.2, -0.15) is 0 Å². The van der Waals surface area contributed by atoms with E-state index in [0.717, 1.165) is 52.4 Å². The number of hydrogen-bond acceptors (Lipinski definition) is 4. The Bertz CT molecular complexity index is 1040. The van der Waals surface area contributed by atoms with Crippen molar-refractivity contribution in [2.75, 3.05) is 18.0 Å². The van der Waals surface area contributed by atoms with Gasteiger partial charge in [0.2, 0.25) is 0 Å². The monoisotopic (exact) mass is 365 g/mol. The quantitative estimate of drug-likeness (QED) is 0.473. The molecule has 4 nitrogen and oxygen atoms in total. The molecule has 4 aromatic rings. The average Bonchev–Trinajstić information content (AvgIpc) is 3.07. The third-order valence-corrected chi connectivity index (χ3v) is 4.89. The van der Waals surface area contributed by atoms with Crippen LogP contribution in [0.5, 0.6) is 0 Å². The molecule has 26 heavy (non-hydrogen) atoms. The maximum Gasteiger partial charge on any atom is 0.196 e. The number of anilines is 1. The van der Waals surface area contributed by atoms with Crippen molar-refractivity contribution < 1.29 is 4.42 Å². The molecule has 2 aromatic heterocycles. The van der Waals surface area contributed by atoms with Crippen LogP contribution in [-0.4, -0.2) is 23.1 Å². The molecule has 1 fully saturated rings. The fourth-order valence-corrected chi connectivity index (χ4v) is 3.61. The minimum absolute atomic E-state index is 0. The maximum atomic E-state index is 6.16. The number of fused-ring (bicyclic) bond motifs is 3. The van der Waals surface area contributed by atoms with Crippen molar-refractivity contribution in [3.63, 3.8) is 0 Å². The molecular weight excluding hydrogens is 346 g/mol. The first kappa shape index (κ1) is 16.9. The molecule has 0 unspecified atom stereocenters. The van der Waals surface area contributed by atoms with Gasteiger partial charge in [-0.3, -0.25) is 0 Å². The minimum Gasteiger partial charge on any atom is -0.450 e. The number of hydrogen-bond donors (Lipinski definition) is 0. The van der Waals surface area contributed by atoms with Gasteiger partial charge in [0.1, 0.15) is 11.1 Å². The van der Waals surface area contributed by atoms with Crippen LogP contribution in [0.3, 0.4) is 0 Å². The van der Waals surface area contributed by atoms with Crippen LogP contribution in [0.4, 0.5) is 5.82 Å². The lowest BCUT2D eigenvalue weighted by molar-refractivity contribution is 0.569. The van der Waals surface area contributed by atoms with Crippen LogP contribution in [0, 0.1) is 0 Å². The highest BCUT2D eigenvalue weighted by atomic mass is 35.5. The number of benzene rings is 2. The second-order valence-corrected chi connectivity index (χ2v) is 6.56. The summed E-state index contributed by atoms with van der Waals surface area (Å²) in [5, 5.41) is 1.05. The van der Waals surface area contributed by atoms with E-state index in [1.807, 2.05) is 36.4 Å². The molecule has 5 heteroatoms. The third kappa shape index (κ3) is 2.80. The van der Waals surface area contributed by atoms with Gasteiger partial charge in [-0.05, 0) is 31.4 Å². The number of halogens is 1. The average molecular weight is 366 g/mol. The van der Waals surface area contributed by atoms with Crippen molar-refractivity contribution in [1.82, 2.24) is 9.97 Å². The number of piperidine rings is 1. The van der Waals surface area contributed by atoms with Crippen LogP contribution < -0.4 is 4.90 Å². The number of rotatable bonds is 2. The highest BCUT2D eigenvalue weighted by molar-refractivity contribution is 6.06. The largest absolute Gasteiger partial charge is 0.450 e. The van der Waals surface area contributed by atoms with Crippen LogP contribution in [0.2, 0.25) is 0 Å². The molecule has 0 aliphatic carbocycles. The highest BCUT2D eigenvalue weighted by Crippen LogP contribution is 2.35. The smallest absolute Gasteiger partial charge is 0.196 e. The van der Waals surface area contributed by atoms with Gasteiger partial charge in [0.05, 0.1) is 0 Å². The molecule has 2 aromatic carbocycles. The van der Waals surface area contributed by atoms with Crippen molar-refractivity contribution in [3.8, 4) is 11.4 Å². The lowest BCUT2D eigenvalue weighted by atomic mass is 10.1. The Kier molecular flexibility index (Phi) is 4.51. The molecule has 0 amide bonds. The van der Waals surface area contributed by atoms with E-state index in [2.05, 4.69) is 23.1 Å². The van der Waals surface area contributed by atoms with E-state index >= 15 is 0 Å². The number of furan rings is 1. The Morgan fingerprint density at radius 1 is 0.808 bits per heavy atom. The predicted octanol–water partition coefficient (Wildman–Crippen LogP) is 5.46. The summed E-state index contributed by atoms with van der Waals surface area (Å²) in [5.74, 6) is 1.69. The molecule has 1 aliphatic rings. The normalized spacial score (nSPS) is 14.5. The molecular formula is C21H20ClN3O. The van der Waals surface area contributed by atoms with Crippen LogP contribution >= 0.6 is 12.4 Å². The summed E-state index contributed by atoms with van der Waals surface area (Å²) < 4.78 is 6.16. The molecule has 0 N–H and O–H groups in total. The number of nitrogens with zero attached hydrogens (tertiary/aromatic N) is 3. The van der Waals surface area contributed by atoms with E-state index in [4.69, 9.17) is 14.4 Å². The fraction of sp³-hybridized carbons (Fsp3) is 0.238. The second kappa shape index (κ2) is 6.96. The van der Waals surface area contributed by atoms with Gasteiger partial charge < -0.3 is 9.32 Å². The van der Waals surface area contributed by atoms with Crippen molar-refractivity contribution in [2.24, 2.45) is 0 Å². The topological polar surface area (TPSA) is 42.2 Å². The van der Waals surface area contributed by atoms with Crippen molar-refractivity contribution in [1.29, 1.82) is 0 Å². The van der Waals surface area contributed by atoms with Crippen molar-refractivity contribution >= 4 is 40.3 Å². The fourth-order valence-electron chi connectivity index (χ4n) is 3.61. The first-order valence-corrected chi connectivity index (χ1v) is 8.90. The molecule has 0 saturated carbocycles. The lowest BCUT2D eigenvalue weighted by Gasteiger charge is -2.27. The molecule has 1 saturated heterocycles. The van der Waals surface area contributed by atoms with Gasteiger partial charge in [-0.15, -0.1) is 12.4 Å². The van der Waals surface area contributed by atoms with Gasteiger partial charge in [-0.25, -0.2) is 9.97 Å². The zero-order chi connectivity index (χ0) is 16.6. The summed E-state index contributed by atoms with van der Waals surface area (Å²) in [6, 6.07) is 18.3. The standard InChI is InChI=1S/C21H19N3O.ClH/c1-3-9-15(10-4-1)20-22-18-16-11-5-6-12-17(16)25-19(18)21(23-20)24-13-7-2-8-14-24;/h1,3-6,9-12H,2,7-8,13-14H2;1H. The van der Waals surface area contributed by atoms with Crippen molar-refractivity contribution in [3.05, 3.63) is 54.6 Å². The molecule has 0 radical (unpaired) electrons. The van der Waals surface area contributed by atoms with E-state index in [-0.39, 0.29) is 12.4 Å². The summed E-state index contributed by atoms with van der Waals surface area (Å²) in [6.45, 7) is 2.05. The molecule has 132 valence electrons. The van der Waals surface area contributed by atoms with E-state index in [1.165, 1.54) is 19.3 Å². The first-order valence-electron chi connectivity index (χ1n) is 8.90. The first-order chi connectivity index (χ1) is 12.4. The van der Waals surface area contributed by atoms with Crippen LogP contribution in [-0.2, 0) is 0 Å². The Morgan fingerprint density at radius 3 is 2.35 bits per heavy atom. The predicted molar refractivity (Wildman–Crippen MR) is 108 cm³/mol. The summed E-state index contributed by atoms with van der Waals surface area (Å²) in [7, 11) is 0. The van der Waals surface area contributed by atoms with Gasteiger partial charge >= 0.3 is 0 Å². The molecule has 3 heterocycles. The van der Waals surface area contributed by atoms with E-state index < -0.39 is 0 Å². The summed E-state index contributed by atoms with van der Waals surface area (Å²) in [4.78, 5) is 12.1. The van der Waals surface area contributed by atoms with Gasteiger partial charge in [0.25, 0.3) is 0 Å². The molecule has 0 bridgehead atoms. The zero-order valence-corrected chi connectivity index (χ0v) is 15.2. The Labute approximate surface area is 158 Å². The Hall–Kier alpha value is -2.59. The highest BCUT2D eigenvalue weighted by Gasteiger charge is 2.21. The molecule has 1 aliphatic heterocycles. The Morgan fingerprint density at radius 2 is 1.54 bits per heavy atom. The zero-order valence-electron chi connectivity index (χ0n) is 14.4.